The molecule has 2 aromatic carbocycles. The summed E-state index contributed by atoms with van der Waals surface area (Å²) in [5.74, 6) is 2.81. The molecule has 0 heteroatoms. The highest BCUT2D eigenvalue weighted by Crippen LogP contribution is 2.25. The van der Waals surface area contributed by atoms with Crippen molar-refractivity contribution in [1.82, 2.24) is 0 Å². The highest BCUT2D eigenvalue weighted by atomic mass is 14.1. The molecule has 0 aliphatic carbocycles. The van der Waals surface area contributed by atoms with Crippen LogP contribution in [0.4, 0.5) is 0 Å². The molecule has 0 N–H and O–H groups in total. The molecule has 0 nitrogen and oxygen atoms in total. The van der Waals surface area contributed by atoms with E-state index in [1.807, 2.05) is 0 Å². The Bertz CT molecular complexity index is 694. The maximum absolute atomic E-state index is 5.65. The van der Waals surface area contributed by atoms with E-state index >= 15 is 0 Å². The van der Waals surface area contributed by atoms with Gasteiger partial charge in [-0.3, -0.25) is 0 Å². The molecule has 19 heavy (non-hydrogen) atoms. The van der Waals surface area contributed by atoms with Crippen LogP contribution in [-0.4, -0.2) is 0 Å². The highest BCUT2D eigenvalue weighted by Gasteiger charge is 2.04. The normalized spacial score (nSPS) is 11.6. The second-order valence-corrected chi connectivity index (χ2v) is 5.21. The second kappa shape index (κ2) is 5.33. The predicted octanol–water partition coefficient (Wildman–Crippen LogP) is 5.25. The summed E-state index contributed by atoms with van der Waals surface area (Å²) in [7, 11) is 0. The Hall–Kier alpha value is -2.00. The number of allylic oxidation sites excluding steroid dienone is 1. The molecule has 0 saturated heterocycles. The van der Waals surface area contributed by atoms with Gasteiger partial charge in [-0.1, -0.05) is 36.6 Å². The lowest BCUT2D eigenvalue weighted by Gasteiger charge is -2.08. The molecular weight excluding hydrogens is 228 g/mol. The van der Waals surface area contributed by atoms with E-state index < -0.39 is 0 Å². The van der Waals surface area contributed by atoms with Crippen LogP contribution in [0.5, 0.6) is 0 Å². The largest absolute Gasteiger partial charge is 0.115 e. The van der Waals surface area contributed by atoms with Crippen molar-refractivity contribution in [3.8, 4) is 12.3 Å². The number of rotatable bonds is 2. The molecule has 0 amide bonds. The summed E-state index contributed by atoms with van der Waals surface area (Å²) in [4.78, 5) is 0. The number of fused-ring (bicyclic) bond motifs is 1. The summed E-state index contributed by atoms with van der Waals surface area (Å²) in [6, 6.07) is 8.78. The molecule has 0 radical (unpaired) electrons. The number of terminal acetylenes is 1. The van der Waals surface area contributed by atoms with E-state index in [1.165, 1.54) is 27.5 Å². The summed E-state index contributed by atoms with van der Waals surface area (Å²) in [5.41, 5.74) is 6.10. The third-order valence-electron chi connectivity index (χ3n) is 3.74. The number of hydrogen-bond acceptors (Lipinski definition) is 0. The first-order valence-electron chi connectivity index (χ1n) is 6.74. The van der Waals surface area contributed by atoms with E-state index in [4.69, 9.17) is 6.42 Å². The smallest absolute Gasteiger partial charge is 0.0321 e. The van der Waals surface area contributed by atoms with E-state index in [-0.39, 0.29) is 0 Å². The van der Waals surface area contributed by atoms with Gasteiger partial charge in [0.05, 0.1) is 0 Å². The third-order valence-corrected chi connectivity index (χ3v) is 3.74. The van der Waals surface area contributed by atoms with Gasteiger partial charge in [0.25, 0.3) is 0 Å². The molecule has 0 fully saturated rings. The summed E-state index contributed by atoms with van der Waals surface area (Å²) >= 11 is 0. The fraction of sp³-hybridized carbons (Fsp3) is 0.263. The van der Waals surface area contributed by atoms with E-state index in [1.54, 1.807) is 0 Å². The molecule has 0 aromatic heterocycles. The van der Waals surface area contributed by atoms with E-state index in [0.717, 1.165) is 17.5 Å². The monoisotopic (exact) mass is 248 g/mol. The van der Waals surface area contributed by atoms with Crippen LogP contribution in [-0.2, 0) is 0 Å². The first-order valence-corrected chi connectivity index (χ1v) is 6.74. The van der Waals surface area contributed by atoms with Gasteiger partial charge in [-0.2, -0.15) is 0 Å². The van der Waals surface area contributed by atoms with Gasteiger partial charge in [0, 0.05) is 5.56 Å². The minimum absolute atomic E-state index is 0.976. The fourth-order valence-corrected chi connectivity index (χ4v) is 2.21. The molecule has 0 aliphatic rings. The number of aryl methyl sites for hydroxylation is 2. The lowest BCUT2D eigenvalue weighted by Crippen LogP contribution is -1.88. The molecule has 0 unspecified atom stereocenters. The molecule has 0 heterocycles. The average Bonchev–Trinajstić information content (AvgIpc) is 2.39. The Morgan fingerprint density at radius 2 is 1.68 bits per heavy atom. The van der Waals surface area contributed by atoms with Gasteiger partial charge < -0.3 is 0 Å². The van der Waals surface area contributed by atoms with Crippen LogP contribution in [0.3, 0.4) is 0 Å². The molecule has 0 atom stereocenters. The van der Waals surface area contributed by atoms with Crippen LogP contribution in [0.2, 0.25) is 0 Å². The van der Waals surface area contributed by atoms with Crippen molar-refractivity contribution in [3.05, 3.63) is 52.1 Å². The number of hydrogen-bond donors (Lipinski definition) is 0. The molecule has 0 spiro atoms. The Labute approximate surface area is 116 Å². The van der Waals surface area contributed by atoms with Crippen molar-refractivity contribution in [2.24, 2.45) is 0 Å². The van der Waals surface area contributed by atoms with Crippen LogP contribution in [0.1, 0.15) is 42.5 Å². The maximum Gasteiger partial charge on any atom is 0.0321 e. The van der Waals surface area contributed by atoms with Gasteiger partial charge >= 0.3 is 0 Å². The van der Waals surface area contributed by atoms with E-state index in [0.29, 0.717) is 0 Å². The average molecular weight is 248 g/mol. The Morgan fingerprint density at radius 3 is 2.21 bits per heavy atom. The zero-order valence-electron chi connectivity index (χ0n) is 12.2. The lowest BCUT2D eigenvalue weighted by atomic mass is 9.96. The van der Waals surface area contributed by atoms with Crippen LogP contribution in [0.15, 0.2) is 29.8 Å². The summed E-state index contributed by atoms with van der Waals surface area (Å²) in [6.07, 6.45) is 8.90. The van der Waals surface area contributed by atoms with Gasteiger partial charge in [-0.25, -0.2) is 0 Å². The molecule has 2 rings (SSSR count). The zero-order chi connectivity index (χ0) is 14.0. The van der Waals surface area contributed by atoms with Gasteiger partial charge in [0.15, 0.2) is 0 Å². The Kier molecular flexibility index (Phi) is 3.76. The van der Waals surface area contributed by atoms with E-state index in [9.17, 15) is 0 Å². The van der Waals surface area contributed by atoms with Gasteiger partial charge in [-0.15, -0.1) is 6.42 Å². The predicted molar refractivity (Wildman–Crippen MR) is 85.3 cm³/mol. The zero-order valence-corrected chi connectivity index (χ0v) is 12.2. The van der Waals surface area contributed by atoms with Gasteiger partial charge in [0.1, 0.15) is 0 Å². The van der Waals surface area contributed by atoms with Crippen molar-refractivity contribution in [1.29, 1.82) is 0 Å². The van der Waals surface area contributed by atoms with Crippen LogP contribution in [0, 0.1) is 26.2 Å². The van der Waals surface area contributed by atoms with Crippen LogP contribution >= 0.6 is 0 Å². The lowest BCUT2D eigenvalue weighted by molar-refractivity contribution is 1.11. The highest BCUT2D eigenvalue weighted by molar-refractivity contribution is 5.88. The molecule has 0 aliphatic heterocycles. The molecule has 96 valence electrons. The van der Waals surface area contributed by atoms with Crippen molar-refractivity contribution in [2.45, 2.75) is 34.1 Å². The maximum atomic E-state index is 5.65. The number of benzene rings is 2. The Morgan fingerprint density at radius 1 is 1.11 bits per heavy atom. The van der Waals surface area contributed by atoms with Gasteiger partial charge in [0.2, 0.25) is 0 Å². The molecule has 2 aromatic rings. The van der Waals surface area contributed by atoms with Crippen molar-refractivity contribution < 1.29 is 0 Å². The summed E-state index contributed by atoms with van der Waals surface area (Å²) < 4.78 is 0. The molecule has 0 saturated carbocycles. The van der Waals surface area contributed by atoms with Crippen molar-refractivity contribution in [3.63, 3.8) is 0 Å². The van der Waals surface area contributed by atoms with Crippen LogP contribution < -0.4 is 0 Å². The summed E-state index contributed by atoms with van der Waals surface area (Å²) in [5, 5.41) is 2.49. The van der Waals surface area contributed by atoms with Crippen LogP contribution in [0.25, 0.3) is 16.8 Å². The minimum atomic E-state index is 0.976. The second-order valence-electron chi connectivity index (χ2n) is 5.21. The van der Waals surface area contributed by atoms with Crippen molar-refractivity contribution >= 4 is 16.8 Å². The van der Waals surface area contributed by atoms with Crippen molar-refractivity contribution in [2.75, 3.05) is 0 Å². The Balaban J connectivity index is 2.72. The minimum Gasteiger partial charge on any atom is -0.115 e. The van der Waals surface area contributed by atoms with Gasteiger partial charge in [-0.05, 0) is 66.8 Å². The molecule has 0 bridgehead atoms. The molecular formula is C19H20. The SMILES string of the molecule is C#Cc1cc2cc(C)c(C)cc2cc1/C=C(/C)CC. The quantitative estimate of drug-likeness (QED) is 0.637. The fourth-order valence-electron chi connectivity index (χ4n) is 2.21. The first kappa shape index (κ1) is 13.4. The standard InChI is InChI=1S/C19H20/c1-6-13(3)8-17-12-19-10-15(5)14(4)9-18(19)11-16(17)7-2/h2,8-12H,6H2,1,3-5H3/b13-8-. The topological polar surface area (TPSA) is 0 Å². The van der Waals surface area contributed by atoms with E-state index in [2.05, 4.69) is 64.0 Å². The first-order chi connectivity index (χ1) is 9.05. The third kappa shape index (κ3) is 2.71. The summed E-state index contributed by atoms with van der Waals surface area (Å²) in [6.45, 7) is 8.59.